The van der Waals surface area contributed by atoms with Crippen molar-refractivity contribution in [2.75, 3.05) is 24.5 Å². The first-order chi connectivity index (χ1) is 12.3. The molecule has 1 atom stereocenters. The lowest BCUT2D eigenvalue weighted by Gasteiger charge is -2.39. The second-order valence-corrected chi connectivity index (χ2v) is 6.37. The molecule has 4 rings (SSSR count). The molecule has 0 aromatic heterocycles. The number of benzene rings is 3. The Kier molecular flexibility index (Phi) is 4.12. The molecule has 1 amide bonds. The summed E-state index contributed by atoms with van der Waals surface area (Å²) >= 11 is 0. The molecule has 1 fully saturated rings. The molecule has 4 nitrogen and oxygen atoms in total. The van der Waals surface area contributed by atoms with Crippen LogP contribution in [0.15, 0.2) is 66.7 Å². The zero-order chi connectivity index (χ0) is 17.2. The summed E-state index contributed by atoms with van der Waals surface area (Å²) in [5, 5.41) is 5.41. The van der Waals surface area contributed by atoms with Crippen LogP contribution in [0.1, 0.15) is 22.0 Å². The molecule has 0 spiro atoms. The fraction of sp³-hybridized carbons (Fsp3) is 0.190. The minimum absolute atomic E-state index is 0.175. The third kappa shape index (κ3) is 2.85. The predicted octanol–water partition coefficient (Wildman–Crippen LogP) is 3.09. The normalized spacial score (nSPS) is 17.6. The Morgan fingerprint density at radius 3 is 2.56 bits per heavy atom. The topological polar surface area (TPSA) is 58.4 Å². The molecule has 3 aromatic rings. The first kappa shape index (κ1) is 15.7. The summed E-state index contributed by atoms with van der Waals surface area (Å²) in [5.74, 6) is -0.378. The van der Waals surface area contributed by atoms with Crippen molar-refractivity contribution in [3.63, 3.8) is 0 Å². The number of fused-ring (bicyclic) bond motifs is 1. The van der Waals surface area contributed by atoms with Gasteiger partial charge in [0.15, 0.2) is 0 Å². The van der Waals surface area contributed by atoms with Crippen LogP contribution in [0.4, 0.5) is 5.69 Å². The van der Waals surface area contributed by atoms with Crippen molar-refractivity contribution in [2.24, 2.45) is 5.73 Å². The molecule has 1 heterocycles. The third-order valence-electron chi connectivity index (χ3n) is 4.89. The fourth-order valence-electron chi connectivity index (χ4n) is 3.72. The summed E-state index contributed by atoms with van der Waals surface area (Å²) in [6.07, 6.45) is 0. The van der Waals surface area contributed by atoms with E-state index in [1.54, 1.807) is 0 Å². The summed E-state index contributed by atoms with van der Waals surface area (Å²) in [4.78, 5) is 14.6. The number of carbonyl (C=O) groups excluding carboxylic acids is 1. The number of anilines is 1. The molecule has 1 aliphatic heterocycles. The molecule has 0 aliphatic carbocycles. The van der Waals surface area contributed by atoms with Gasteiger partial charge < -0.3 is 16.0 Å². The number of hydrogen-bond donors (Lipinski definition) is 2. The van der Waals surface area contributed by atoms with E-state index in [0.717, 1.165) is 36.1 Å². The Morgan fingerprint density at radius 2 is 1.76 bits per heavy atom. The molecule has 126 valence electrons. The molecule has 1 unspecified atom stereocenters. The predicted molar refractivity (Wildman–Crippen MR) is 102 cm³/mol. The molecule has 0 saturated carbocycles. The number of piperazine rings is 1. The van der Waals surface area contributed by atoms with E-state index in [9.17, 15) is 4.79 Å². The number of carbonyl (C=O) groups is 1. The van der Waals surface area contributed by atoms with E-state index in [4.69, 9.17) is 5.73 Å². The van der Waals surface area contributed by atoms with E-state index in [1.165, 1.54) is 5.56 Å². The number of nitrogens with zero attached hydrogens (tertiary/aromatic N) is 1. The monoisotopic (exact) mass is 331 g/mol. The fourth-order valence-corrected chi connectivity index (χ4v) is 3.72. The van der Waals surface area contributed by atoms with Gasteiger partial charge in [-0.25, -0.2) is 0 Å². The van der Waals surface area contributed by atoms with Gasteiger partial charge in [0, 0.05) is 19.6 Å². The Bertz CT molecular complexity index is 907. The highest BCUT2D eigenvalue weighted by Crippen LogP contribution is 2.34. The van der Waals surface area contributed by atoms with Gasteiger partial charge in [-0.3, -0.25) is 4.79 Å². The van der Waals surface area contributed by atoms with E-state index < -0.39 is 0 Å². The van der Waals surface area contributed by atoms with E-state index in [1.807, 2.05) is 36.4 Å². The van der Waals surface area contributed by atoms with Crippen molar-refractivity contribution in [3.8, 4) is 0 Å². The summed E-state index contributed by atoms with van der Waals surface area (Å²) in [7, 11) is 0. The Hall–Kier alpha value is -2.85. The van der Waals surface area contributed by atoms with E-state index in [0.29, 0.717) is 5.56 Å². The van der Waals surface area contributed by atoms with Gasteiger partial charge in [-0.2, -0.15) is 0 Å². The van der Waals surface area contributed by atoms with Crippen LogP contribution < -0.4 is 16.0 Å². The van der Waals surface area contributed by atoms with Crippen LogP contribution >= 0.6 is 0 Å². The second kappa shape index (κ2) is 6.57. The van der Waals surface area contributed by atoms with E-state index in [2.05, 4.69) is 40.5 Å². The lowest BCUT2D eigenvalue weighted by atomic mass is 9.97. The average molecular weight is 331 g/mol. The van der Waals surface area contributed by atoms with E-state index >= 15 is 0 Å². The highest BCUT2D eigenvalue weighted by molar-refractivity contribution is 6.11. The third-order valence-corrected chi connectivity index (χ3v) is 4.89. The Balaban J connectivity index is 1.87. The molecule has 3 aromatic carbocycles. The van der Waals surface area contributed by atoms with Gasteiger partial charge in [-0.15, -0.1) is 0 Å². The van der Waals surface area contributed by atoms with Crippen molar-refractivity contribution in [1.82, 2.24) is 5.32 Å². The van der Waals surface area contributed by atoms with Gasteiger partial charge in [0.1, 0.15) is 0 Å². The Labute approximate surface area is 147 Å². The number of rotatable bonds is 3. The molecule has 0 radical (unpaired) electrons. The molecular weight excluding hydrogens is 310 g/mol. The van der Waals surface area contributed by atoms with Crippen LogP contribution in [-0.2, 0) is 0 Å². The summed E-state index contributed by atoms with van der Waals surface area (Å²) in [6, 6.07) is 22.6. The molecule has 25 heavy (non-hydrogen) atoms. The van der Waals surface area contributed by atoms with Crippen molar-refractivity contribution < 1.29 is 4.79 Å². The van der Waals surface area contributed by atoms with Crippen LogP contribution in [0.3, 0.4) is 0 Å². The van der Waals surface area contributed by atoms with Crippen molar-refractivity contribution >= 4 is 22.4 Å². The van der Waals surface area contributed by atoms with Crippen molar-refractivity contribution in [3.05, 3.63) is 77.9 Å². The van der Waals surface area contributed by atoms with Gasteiger partial charge in [-0.1, -0.05) is 60.7 Å². The second-order valence-electron chi connectivity index (χ2n) is 6.37. The zero-order valence-corrected chi connectivity index (χ0v) is 14.0. The first-order valence-electron chi connectivity index (χ1n) is 8.59. The molecular formula is C21H21N3O. The van der Waals surface area contributed by atoms with Crippen molar-refractivity contribution in [1.29, 1.82) is 0 Å². The molecule has 1 aliphatic rings. The maximum Gasteiger partial charge on any atom is 0.251 e. The highest BCUT2D eigenvalue weighted by atomic mass is 16.1. The molecule has 3 N–H and O–H groups in total. The summed E-state index contributed by atoms with van der Waals surface area (Å²) in [5.41, 5.74) is 8.55. The van der Waals surface area contributed by atoms with Gasteiger partial charge in [0.05, 0.1) is 17.3 Å². The lowest BCUT2D eigenvalue weighted by Crippen LogP contribution is -2.46. The molecule has 0 bridgehead atoms. The SMILES string of the molecule is NC(=O)c1c(N2CCNCC2c2ccccc2)ccc2ccccc12. The summed E-state index contributed by atoms with van der Waals surface area (Å²) < 4.78 is 0. The number of nitrogens with two attached hydrogens (primary N) is 1. The molecule has 4 heteroatoms. The van der Waals surface area contributed by atoms with Crippen LogP contribution in [-0.4, -0.2) is 25.5 Å². The van der Waals surface area contributed by atoms with Gasteiger partial charge in [0.2, 0.25) is 0 Å². The van der Waals surface area contributed by atoms with Gasteiger partial charge >= 0.3 is 0 Å². The standard InChI is InChI=1S/C21H21N3O/c22-21(25)20-17-9-5-4-6-15(17)10-11-18(20)24-13-12-23-14-19(24)16-7-2-1-3-8-16/h1-11,19,23H,12-14H2,(H2,22,25). The lowest BCUT2D eigenvalue weighted by molar-refractivity contribution is 0.100. The van der Waals surface area contributed by atoms with Gasteiger partial charge in [0.25, 0.3) is 5.91 Å². The van der Waals surface area contributed by atoms with Gasteiger partial charge in [-0.05, 0) is 22.4 Å². The van der Waals surface area contributed by atoms with Crippen LogP contribution in [0.5, 0.6) is 0 Å². The number of hydrogen-bond acceptors (Lipinski definition) is 3. The highest BCUT2D eigenvalue weighted by Gasteiger charge is 2.27. The quantitative estimate of drug-likeness (QED) is 0.775. The number of amides is 1. The maximum atomic E-state index is 12.3. The number of nitrogens with one attached hydrogen (secondary N) is 1. The van der Waals surface area contributed by atoms with Crippen LogP contribution in [0.25, 0.3) is 10.8 Å². The van der Waals surface area contributed by atoms with Crippen molar-refractivity contribution in [2.45, 2.75) is 6.04 Å². The Morgan fingerprint density at radius 1 is 1.00 bits per heavy atom. The van der Waals surface area contributed by atoms with Crippen LogP contribution in [0.2, 0.25) is 0 Å². The first-order valence-corrected chi connectivity index (χ1v) is 8.59. The van der Waals surface area contributed by atoms with Crippen LogP contribution in [0, 0.1) is 0 Å². The summed E-state index contributed by atoms with van der Waals surface area (Å²) in [6.45, 7) is 2.56. The molecule has 1 saturated heterocycles. The maximum absolute atomic E-state index is 12.3. The number of primary amides is 1. The van der Waals surface area contributed by atoms with E-state index in [-0.39, 0.29) is 11.9 Å². The zero-order valence-electron chi connectivity index (χ0n) is 14.0. The average Bonchev–Trinajstić information content (AvgIpc) is 2.67. The smallest absolute Gasteiger partial charge is 0.251 e. The minimum Gasteiger partial charge on any atom is -0.366 e. The largest absolute Gasteiger partial charge is 0.366 e. The minimum atomic E-state index is -0.378.